The van der Waals surface area contributed by atoms with Gasteiger partial charge in [-0.15, -0.1) is 11.3 Å². The molecule has 0 fully saturated rings. The van der Waals surface area contributed by atoms with Crippen molar-refractivity contribution >= 4 is 68.8 Å². The summed E-state index contributed by atoms with van der Waals surface area (Å²) in [6.07, 6.45) is -1.19. The second-order valence-corrected chi connectivity index (χ2v) is 9.83. The van der Waals surface area contributed by atoms with E-state index in [-0.39, 0.29) is 23.0 Å². The second kappa shape index (κ2) is 10.0. The van der Waals surface area contributed by atoms with E-state index in [0.29, 0.717) is 16.0 Å². The second-order valence-electron chi connectivity index (χ2n) is 6.44. The first-order valence-electron chi connectivity index (χ1n) is 8.98. The summed E-state index contributed by atoms with van der Waals surface area (Å²) in [5.74, 6) is -1.30. The number of aryl methyl sites for hydroxylation is 1. The monoisotopic (exact) mass is 490 g/mol. The zero-order chi connectivity index (χ0) is 22.6. The van der Waals surface area contributed by atoms with Gasteiger partial charge in [-0.1, -0.05) is 53.0 Å². The first-order chi connectivity index (χ1) is 14.0. The molecule has 0 spiro atoms. The Hall–Kier alpha value is -1.80. The standard InChI is InChI=1S/C20H21Cl3N2O4S/c1-5-29-18(28)14-11(3)15(12(4)26)30-17(14)25-19(20(21,22)23)24-16(27)13-9-7-6-8-10(13)2/h6-9,19,25H,5H2,1-4H3,(H,24,27)/t19-/m0/s1. The lowest BCUT2D eigenvalue weighted by Gasteiger charge is -2.27. The molecule has 1 aromatic heterocycles. The minimum Gasteiger partial charge on any atom is -0.462 e. The van der Waals surface area contributed by atoms with Crippen LogP contribution in [-0.2, 0) is 4.74 Å². The summed E-state index contributed by atoms with van der Waals surface area (Å²) in [6, 6.07) is 6.96. The predicted molar refractivity (Wildman–Crippen MR) is 121 cm³/mol. The average molecular weight is 492 g/mol. The fourth-order valence-corrected chi connectivity index (χ4v) is 4.21. The van der Waals surface area contributed by atoms with Crippen LogP contribution in [0.5, 0.6) is 0 Å². The third-order valence-electron chi connectivity index (χ3n) is 4.21. The van der Waals surface area contributed by atoms with E-state index in [1.807, 2.05) is 0 Å². The van der Waals surface area contributed by atoms with Gasteiger partial charge in [-0.2, -0.15) is 0 Å². The molecule has 6 nitrogen and oxygen atoms in total. The molecule has 0 aliphatic carbocycles. The molecule has 10 heteroatoms. The average Bonchev–Trinajstić information content (AvgIpc) is 2.97. The van der Waals surface area contributed by atoms with Crippen LogP contribution in [0.3, 0.4) is 0 Å². The Morgan fingerprint density at radius 3 is 2.33 bits per heavy atom. The third-order valence-corrected chi connectivity index (χ3v) is 6.19. The lowest BCUT2D eigenvalue weighted by molar-refractivity contribution is 0.0527. The number of ether oxygens (including phenoxy) is 1. The first-order valence-corrected chi connectivity index (χ1v) is 10.9. The summed E-state index contributed by atoms with van der Waals surface area (Å²) in [5.41, 5.74) is 1.78. The van der Waals surface area contributed by atoms with Crippen LogP contribution in [0.1, 0.15) is 55.4 Å². The number of hydrogen-bond acceptors (Lipinski definition) is 6. The van der Waals surface area contributed by atoms with Gasteiger partial charge in [-0.05, 0) is 44.9 Å². The van der Waals surface area contributed by atoms with E-state index in [4.69, 9.17) is 39.5 Å². The van der Waals surface area contributed by atoms with Crippen LogP contribution in [-0.4, -0.2) is 34.2 Å². The van der Waals surface area contributed by atoms with Crippen LogP contribution < -0.4 is 10.6 Å². The van der Waals surface area contributed by atoms with E-state index in [2.05, 4.69) is 10.6 Å². The number of esters is 1. The number of amides is 1. The van der Waals surface area contributed by atoms with Crippen molar-refractivity contribution in [2.45, 2.75) is 37.7 Å². The molecule has 1 amide bonds. The molecule has 2 N–H and O–H groups in total. The van der Waals surface area contributed by atoms with Gasteiger partial charge in [0.15, 0.2) is 5.78 Å². The van der Waals surface area contributed by atoms with Crippen molar-refractivity contribution in [3.8, 4) is 0 Å². The fourth-order valence-electron chi connectivity index (χ4n) is 2.77. The Bertz CT molecular complexity index is 969. The maximum Gasteiger partial charge on any atom is 0.341 e. The fraction of sp³-hybridized carbons (Fsp3) is 0.350. The Kier molecular flexibility index (Phi) is 8.16. The Labute approximate surface area is 193 Å². The molecule has 1 aromatic carbocycles. The highest BCUT2D eigenvalue weighted by Crippen LogP contribution is 2.38. The SMILES string of the molecule is CCOC(=O)c1c(N[C@H](NC(=O)c2ccccc2C)C(Cl)(Cl)Cl)sc(C(C)=O)c1C. The maximum absolute atomic E-state index is 12.7. The number of hydrogen-bond donors (Lipinski definition) is 2. The van der Waals surface area contributed by atoms with Gasteiger partial charge in [0.25, 0.3) is 5.91 Å². The highest BCUT2D eigenvalue weighted by Gasteiger charge is 2.36. The van der Waals surface area contributed by atoms with Crippen LogP contribution >= 0.6 is 46.1 Å². The van der Waals surface area contributed by atoms with Gasteiger partial charge in [0, 0.05) is 5.56 Å². The minimum atomic E-state index is -1.96. The molecule has 0 aliphatic rings. The predicted octanol–water partition coefficient (Wildman–Crippen LogP) is 5.28. The summed E-state index contributed by atoms with van der Waals surface area (Å²) < 4.78 is 3.15. The molecular formula is C20H21Cl3N2O4S. The molecule has 0 saturated heterocycles. The molecule has 2 rings (SSSR count). The summed E-state index contributed by atoms with van der Waals surface area (Å²) in [7, 11) is 0. The molecule has 30 heavy (non-hydrogen) atoms. The number of benzene rings is 1. The van der Waals surface area contributed by atoms with Gasteiger partial charge in [0.05, 0.1) is 17.0 Å². The van der Waals surface area contributed by atoms with Crippen molar-refractivity contribution in [3.63, 3.8) is 0 Å². The normalized spacial score (nSPS) is 12.2. The van der Waals surface area contributed by atoms with Crippen LogP contribution in [0.4, 0.5) is 5.00 Å². The lowest BCUT2D eigenvalue weighted by atomic mass is 10.1. The number of ketones is 1. The van der Waals surface area contributed by atoms with E-state index in [0.717, 1.165) is 16.9 Å². The molecule has 1 heterocycles. The van der Waals surface area contributed by atoms with Crippen LogP contribution in [0.15, 0.2) is 24.3 Å². The number of Topliss-reactive ketones (excluding diaryl/α,β-unsaturated/α-hetero) is 1. The number of halogens is 3. The number of alkyl halides is 3. The van der Waals surface area contributed by atoms with E-state index >= 15 is 0 Å². The molecule has 0 unspecified atom stereocenters. The number of carbonyl (C=O) groups excluding carboxylic acids is 3. The van der Waals surface area contributed by atoms with Crippen LogP contribution in [0, 0.1) is 13.8 Å². The van der Waals surface area contributed by atoms with Crippen molar-refractivity contribution < 1.29 is 19.1 Å². The van der Waals surface area contributed by atoms with E-state index < -0.39 is 21.8 Å². The number of thiophene rings is 1. The van der Waals surface area contributed by atoms with E-state index in [1.54, 1.807) is 45.0 Å². The number of nitrogens with one attached hydrogen (secondary N) is 2. The Balaban J connectivity index is 2.43. The highest BCUT2D eigenvalue weighted by molar-refractivity contribution is 7.18. The summed E-state index contributed by atoms with van der Waals surface area (Å²) >= 11 is 19.3. The van der Waals surface area contributed by atoms with E-state index in [1.165, 1.54) is 6.92 Å². The lowest BCUT2D eigenvalue weighted by Crippen LogP contribution is -2.49. The third kappa shape index (κ3) is 5.66. The highest BCUT2D eigenvalue weighted by atomic mass is 35.6. The minimum absolute atomic E-state index is 0.154. The number of anilines is 1. The zero-order valence-electron chi connectivity index (χ0n) is 16.8. The molecule has 0 saturated carbocycles. The molecule has 0 radical (unpaired) electrons. The largest absolute Gasteiger partial charge is 0.462 e. The molecule has 0 bridgehead atoms. The molecular weight excluding hydrogens is 471 g/mol. The van der Waals surface area contributed by atoms with Crippen LogP contribution in [0.2, 0.25) is 0 Å². The first kappa shape index (κ1) is 24.5. The topological polar surface area (TPSA) is 84.5 Å². The smallest absolute Gasteiger partial charge is 0.341 e. The zero-order valence-corrected chi connectivity index (χ0v) is 19.9. The Morgan fingerprint density at radius 1 is 1.17 bits per heavy atom. The van der Waals surface area contributed by atoms with Crippen LogP contribution in [0.25, 0.3) is 0 Å². The quantitative estimate of drug-likeness (QED) is 0.238. The summed E-state index contributed by atoms with van der Waals surface area (Å²) in [5, 5.41) is 5.80. The number of rotatable bonds is 7. The summed E-state index contributed by atoms with van der Waals surface area (Å²) in [4.78, 5) is 37.6. The van der Waals surface area contributed by atoms with Gasteiger partial charge >= 0.3 is 5.97 Å². The van der Waals surface area contributed by atoms with Gasteiger partial charge in [-0.3, -0.25) is 9.59 Å². The molecule has 0 aliphatic heterocycles. The Morgan fingerprint density at radius 2 is 1.80 bits per heavy atom. The van der Waals surface area contributed by atoms with Crippen molar-refractivity contribution in [1.82, 2.24) is 5.32 Å². The van der Waals surface area contributed by atoms with Crippen molar-refractivity contribution in [1.29, 1.82) is 0 Å². The molecule has 162 valence electrons. The van der Waals surface area contributed by atoms with Crippen molar-refractivity contribution in [3.05, 3.63) is 51.4 Å². The van der Waals surface area contributed by atoms with Gasteiger partial charge in [0.2, 0.25) is 3.79 Å². The van der Waals surface area contributed by atoms with Gasteiger partial charge in [0.1, 0.15) is 11.2 Å². The summed E-state index contributed by atoms with van der Waals surface area (Å²) in [6.45, 7) is 6.64. The molecule has 1 atom stereocenters. The van der Waals surface area contributed by atoms with Crippen molar-refractivity contribution in [2.24, 2.45) is 0 Å². The van der Waals surface area contributed by atoms with Gasteiger partial charge < -0.3 is 15.4 Å². The van der Waals surface area contributed by atoms with Gasteiger partial charge in [-0.25, -0.2) is 4.79 Å². The van der Waals surface area contributed by atoms with E-state index in [9.17, 15) is 14.4 Å². The maximum atomic E-state index is 12.7. The molecule has 2 aromatic rings. The number of carbonyl (C=O) groups is 3. The van der Waals surface area contributed by atoms with Crippen molar-refractivity contribution in [2.75, 3.05) is 11.9 Å².